The topological polar surface area (TPSA) is 58.6 Å². The van der Waals surface area contributed by atoms with E-state index in [1.165, 1.54) is 11.0 Å². The lowest BCUT2D eigenvalue weighted by molar-refractivity contribution is -0.124. The van der Waals surface area contributed by atoms with Gasteiger partial charge in [0.2, 0.25) is 11.8 Å². The van der Waals surface area contributed by atoms with Gasteiger partial charge in [-0.25, -0.2) is 4.39 Å². The monoisotopic (exact) mass is 306 g/mol. The van der Waals surface area contributed by atoms with Crippen molar-refractivity contribution >= 4 is 17.5 Å². The number of halogens is 1. The highest BCUT2D eigenvalue weighted by atomic mass is 19.1. The molecule has 1 unspecified atom stereocenters. The van der Waals surface area contributed by atoms with Gasteiger partial charge in [0.25, 0.3) is 0 Å². The number of fused-ring (bicyclic) bond motifs is 1. The third-order valence-electron chi connectivity index (χ3n) is 4.10. The van der Waals surface area contributed by atoms with Gasteiger partial charge in [-0.2, -0.15) is 0 Å². The maximum atomic E-state index is 14.0. The Bertz CT molecular complexity index is 585. The number of anilines is 1. The molecule has 0 bridgehead atoms. The van der Waals surface area contributed by atoms with Crippen molar-refractivity contribution in [2.45, 2.75) is 31.8 Å². The molecule has 0 saturated carbocycles. The molecule has 22 heavy (non-hydrogen) atoms. The third-order valence-corrected chi connectivity index (χ3v) is 4.10. The second-order valence-corrected chi connectivity index (χ2v) is 5.67. The molecule has 2 amide bonds. The number of hydrogen-bond acceptors (Lipinski definition) is 3. The van der Waals surface area contributed by atoms with Crippen molar-refractivity contribution in [1.29, 1.82) is 0 Å². The molecule has 2 aliphatic rings. The van der Waals surface area contributed by atoms with Crippen LogP contribution in [0.1, 0.15) is 24.8 Å². The molecule has 1 aromatic carbocycles. The van der Waals surface area contributed by atoms with Crippen LogP contribution in [0.3, 0.4) is 0 Å². The number of benzene rings is 1. The van der Waals surface area contributed by atoms with Crippen LogP contribution in [0.25, 0.3) is 0 Å². The molecule has 6 heteroatoms. The normalized spacial score (nSPS) is 20.9. The highest BCUT2D eigenvalue weighted by molar-refractivity contribution is 6.01. The van der Waals surface area contributed by atoms with Gasteiger partial charge in [-0.05, 0) is 30.9 Å². The standard InChI is InChI=1S/C16H19FN2O3/c17-13-5-1-3-11-6-7-15(21)19(16(11)13)10-14(20)18-9-12-4-2-8-22-12/h1,3,5,12H,2,4,6-10H2,(H,18,20). The van der Waals surface area contributed by atoms with Crippen LogP contribution in [0.5, 0.6) is 0 Å². The summed E-state index contributed by atoms with van der Waals surface area (Å²) in [4.78, 5) is 25.4. The lowest BCUT2D eigenvalue weighted by atomic mass is 10.0. The van der Waals surface area contributed by atoms with Gasteiger partial charge in [0.1, 0.15) is 12.4 Å². The van der Waals surface area contributed by atoms with Crippen LogP contribution in [0.4, 0.5) is 10.1 Å². The zero-order valence-electron chi connectivity index (χ0n) is 12.3. The largest absolute Gasteiger partial charge is 0.376 e. The molecule has 118 valence electrons. The third kappa shape index (κ3) is 3.11. The first-order valence-corrected chi connectivity index (χ1v) is 7.61. The van der Waals surface area contributed by atoms with Crippen LogP contribution >= 0.6 is 0 Å². The Hall–Kier alpha value is -1.95. The van der Waals surface area contributed by atoms with Crippen molar-refractivity contribution in [2.24, 2.45) is 0 Å². The van der Waals surface area contributed by atoms with Crippen molar-refractivity contribution in [1.82, 2.24) is 5.32 Å². The summed E-state index contributed by atoms with van der Waals surface area (Å²) in [6.07, 6.45) is 2.80. The number of ether oxygens (including phenoxy) is 1. The molecule has 2 aliphatic heterocycles. The summed E-state index contributed by atoms with van der Waals surface area (Å²) in [6, 6.07) is 4.73. The number of hydrogen-bond donors (Lipinski definition) is 1. The summed E-state index contributed by atoms with van der Waals surface area (Å²) >= 11 is 0. The second-order valence-electron chi connectivity index (χ2n) is 5.67. The zero-order chi connectivity index (χ0) is 15.5. The van der Waals surface area contributed by atoms with E-state index in [2.05, 4.69) is 5.32 Å². The predicted molar refractivity (Wildman–Crippen MR) is 79.1 cm³/mol. The van der Waals surface area contributed by atoms with Crippen molar-refractivity contribution < 1.29 is 18.7 Å². The van der Waals surface area contributed by atoms with Gasteiger partial charge in [-0.15, -0.1) is 0 Å². The van der Waals surface area contributed by atoms with Crippen molar-refractivity contribution in [3.05, 3.63) is 29.6 Å². The van der Waals surface area contributed by atoms with E-state index in [0.717, 1.165) is 25.0 Å². The van der Waals surface area contributed by atoms with E-state index in [0.29, 0.717) is 19.4 Å². The predicted octanol–water partition coefficient (Wildman–Crippen LogP) is 1.40. The average molecular weight is 306 g/mol. The maximum Gasteiger partial charge on any atom is 0.240 e. The van der Waals surface area contributed by atoms with Gasteiger partial charge in [0.15, 0.2) is 0 Å². The number of aryl methyl sites for hydroxylation is 1. The molecule has 1 atom stereocenters. The lowest BCUT2D eigenvalue weighted by Gasteiger charge is -2.29. The first-order chi connectivity index (χ1) is 10.6. The highest BCUT2D eigenvalue weighted by Crippen LogP contribution is 2.30. The summed E-state index contributed by atoms with van der Waals surface area (Å²) in [5, 5.41) is 2.76. The van der Waals surface area contributed by atoms with E-state index in [1.54, 1.807) is 12.1 Å². The molecule has 0 radical (unpaired) electrons. The minimum atomic E-state index is -0.461. The Morgan fingerprint density at radius 1 is 1.41 bits per heavy atom. The van der Waals surface area contributed by atoms with Gasteiger partial charge in [-0.1, -0.05) is 12.1 Å². The van der Waals surface area contributed by atoms with Crippen LogP contribution in [0, 0.1) is 5.82 Å². The summed E-state index contributed by atoms with van der Waals surface area (Å²) in [5.41, 5.74) is 1.01. The molecule has 0 spiro atoms. The van der Waals surface area contributed by atoms with E-state index in [1.807, 2.05) is 0 Å². The summed E-state index contributed by atoms with van der Waals surface area (Å²) in [7, 11) is 0. The Morgan fingerprint density at radius 2 is 2.27 bits per heavy atom. The average Bonchev–Trinajstić information content (AvgIpc) is 3.02. The van der Waals surface area contributed by atoms with E-state index in [-0.39, 0.29) is 30.2 Å². The molecule has 2 heterocycles. The summed E-state index contributed by atoms with van der Waals surface area (Å²) < 4.78 is 19.5. The van der Waals surface area contributed by atoms with Gasteiger partial charge in [0, 0.05) is 19.6 Å². The molecule has 1 aromatic rings. The van der Waals surface area contributed by atoms with Crippen LogP contribution < -0.4 is 10.2 Å². The molecular formula is C16H19FN2O3. The van der Waals surface area contributed by atoms with Gasteiger partial charge < -0.3 is 10.1 Å². The Kier molecular flexibility index (Phi) is 4.38. The molecule has 5 nitrogen and oxygen atoms in total. The number of carbonyl (C=O) groups is 2. The number of rotatable bonds is 4. The number of para-hydroxylation sites is 1. The van der Waals surface area contributed by atoms with Crippen LogP contribution in [0.15, 0.2) is 18.2 Å². The molecule has 3 rings (SSSR count). The van der Waals surface area contributed by atoms with E-state index in [9.17, 15) is 14.0 Å². The molecular weight excluding hydrogens is 287 g/mol. The molecule has 1 N–H and O–H groups in total. The minimum absolute atomic E-state index is 0.0463. The fourth-order valence-electron chi connectivity index (χ4n) is 2.97. The first kappa shape index (κ1) is 15.0. The van der Waals surface area contributed by atoms with E-state index in [4.69, 9.17) is 4.74 Å². The van der Waals surface area contributed by atoms with Crippen LogP contribution in [0.2, 0.25) is 0 Å². The van der Waals surface area contributed by atoms with Crippen LogP contribution in [-0.2, 0) is 20.7 Å². The number of amides is 2. The lowest BCUT2D eigenvalue weighted by Crippen LogP contribution is -2.45. The Balaban J connectivity index is 1.66. The number of nitrogens with zero attached hydrogens (tertiary/aromatic N) is 1. The molecule has 1 saturated heterocycles. The minimum Gasteiger partial charge on any atom is -0.376 e. The molecule has 0 aliphatic carbocycles. The number of carbonyl (C=O) groups excluding carboxylic acids is 2. The van der Waals surface area contributed by atoms with Crippen LogP contribution in [-0.4, -0.2) is 37.6 Å². The Labute approximate surface area is 128 Å². The smallest absolute Gasteiger partial charge is 0.240 e. The SMILES string of the molecule is O=C(CN1C(=O)CCc2cccc(F)c21)NCC1CCCO1. The van der Waals surface area contributed by atoms with Crippen molar-refractivity contribution in [3.63, 3.8) is 0 Å². The summed E-state index contributed by atoms with van der Waals surface area (Å²) in [6.45, 7) is 1.01. The fraction of sp³-hybridized carbons (Fsp3) is 0.500. The fourth-order valence-corrected chi connectivity index (χ4v) is 2.97. The molecule has 0 aromatic heterocycles. The van der Waals surface area contributed by atoms with E-state index < -0.39 is 5.82 Å². The van der Waals surface area contributed by atoms with Gasteiger partial charge in [0.05, 0.1) is 11.8 Å². The number of nitrogens with one attached hydrogen (secondary N) is 1. The second kappa shape index (κ2) is 6.44. The van der Waals surface area contributed by atoms with E-state index >= 15 is 0 Å². The highest BCUT2D eigenvalue weighted by Gasteiger charge is 2.28. The molecule has 1 fully saturated rings. The van der Waals surface area contributed by atoms with Gasteiger partial charge >= 0.3 is 0 Å². The first-order valence-electron chi connectivity index (χ1n) is 7.61. The zero-order valence-corrected chi connectivity index (χ0v) is 12.3. The van der Waals surface area contributed by atoms with Gasteiger partial charge in [-0.3, -0.25) is 14.5 Å². The quantitative estimate of drug-likeness (QED) is 0.915. The maximum absolute atomic E-state index is 14.0. The van der Waals surface area contributed by atoms with Crippen molar-refractivity contribution in [3.8, 4) is 0 Å². The van der Waals surface area contributed by atoms with Crippen molar-refractivity contribution in [2.75, 3.05) is 24.6 Å². The summed E-state index contributed by atoms with van der Waals surface area (Å²) in [5.74, 6) is -0.970. The Morgan fingerprint density at radius 3 is 3.05 bits per heavy atom.